The first-order valence-electron chi connectivity index (χ1n) is 12.6. The minimum atomic E-state index is -1.15. The van der Waals surface area contributed by atoms with Gasteiger partial charge in [-0.05, 0) is 72.6 Å². The van der Waals surface area contributed by atoms with E-state index in [1.54, 1.807) is 24.3 Å². The van der Waals surface area contributed by atoms with E-state index in [0.29, 0.717) is 35.0 Å². The van der Waals surface area contributed by atoms with Gasteiger partial charge in [-0.1, -0.05) is 51.3 Å². The van der Waals surface area contributed by atoms with E-state index in [-0.39, 0.29) is 11.5 Å². The molecular formula is C30H31F3O3. The van der Waals surface area contributed by atoms with Crippen LogP contribution in [0.5, 0.6) is 11.5 Å². The number of ether oxygens (including phenoxy) is 2. The number of carbonyl (C=O) groups is 1. The molecule has 190 valence electrons. The second-order valence-corrected chi connectivity index (χ2v) is 9.55. The van der Waals surface area contributed by atoms with Gasteiger partial charge in [0, 0.05) is 11.6 Å². The Hall–Kier alpha value is -3.28. The zero-order valence-electron chi connectivity index (χ0n) is 20.7. The molecule has 0 bridgehead atoms. The van der Waals surface area contributed by atoms with E-state index in [1.807, 2.05) is 0 Å². The van der Waals surface area contributed by atoms with Crippen LogP contribution < -0.4 is 9.47 Å². The highest BCUT2D eigenvalue weighted by molar-refractivity contribution is 5.91. The average Bonchev–Trinajstić information content (AvgIpc) is 2.88. The highest BCUT2D eigenvalue weighted by Gasteiger charge is 2.26. The number of rotatable bonds is 8. The fourth-order valence-electron chi connectivity index (χ4n) is 4.61. The van der Waals surface area contributed by atoms with Gasteiger partial charge in [-0.25, -0.2) is 13.6 Å². The molecule has 0 amide bonds. The summed E-state index contributed by atoms with van der Waals surface area (Å²) in [4.78, 5) is 12.6. The lowest BCUT2D eigenvalue weighted by Crippen LogP contribution is -2.14. The Morgan fingerprint density at radius 2 is 1.64 bits per heavy atom. The molecule has 3 nitrogen and oxygen atoms in total. The van der Waals surface area contributed by atoms with Crippen molar-refractivity contribution in [3.63, 3.8) is 0 Å². The van der Waals surface area contributed by atoms with Crippen LogP contribution in [0.25, 0.3) is 11.1 Å². The van der Waals surface area contributed by atoms with Gasteiger partial charge in [-0.15, -0.1) is 0 Å². The number of esters is 1. The van der Waals surface area contributed by atoms with Crippen molar-refractivity contribution < 1.29 is 27.4 Å². The smallest absolute Gasteiger partial charge is 0.343 e. The van der Waals surface area contributed by atoms with Crippen LogP contribution in [0.3, 0.4) is 0 Å². The maximum Gasteiger partial charge on any atom is 0.343 e. The third-order valence-corrected chi connectivity index (χ3v) is 6.87. The Balaban J connectivity index is 1.43. The molecule has 1 aliphatic rings. The summed E-state index contributed by atoms with van der Waals surface area (Å²) in [5.41, 5.74) is 1.40. The predicted octanol–water partition coefficient (Wildman–Crippen LogP) is 8.46. The summed E-state index contributed by atoms with van der Waals surface area (Å²) < 4.78 is 54.8. The van der Waals surface area contributed by atoms with Gasteiger partial charge in [0.15, 0.2) is 11.6 Å². The summed E-state index contributed by atoms with van der Waals surface area (Å²) in [6.45, 7) is 4.74. The monoisotopic (exact) mass is 496 g/mol. The van der Waals surface area contributed by atoms with Crippen molar-refractivity contribution >= 4 is 5.97 Å². The molecule has 1 fully saturated rings. The highest BCUT2D eigenvalue weighted by atomic mass is 19.2. The van der Waals surface area contributed by atoms with Crippen molar-refractivity contribution in [2.45, 2.75) is 58.3 Å². The lowest BCUT2D eigenvalue weighted by atomic mass is 9.79. The van der Waals surface area contributed by atoms with Crippen LogP contribution in [0.4, 0.5) is 13.2 Å². The van der Waals surface area contributed by atoms with Crippen molar-refractivity contribution in [3.05, 3.63) is 83.2 Å². The molecule has 1 aliphatic carbocycles. The van der Waals surface area contributed by atoms with Crippen LogP contribution in [0.15, 0.2) is 54.6 Å². The Morgan fingerprint density at radius 1 is 0.917 bits per heavy atom. The quantitative estimate of drug-likeness (QED) is 0.178. The van der Waals surface area contributed by atoms with E-state index < -0.39 is 29.2 Å². The fourth-order valence-corrected chi connectivity index (χ4v) is 4.61. The van der Waals surface area contributed by atoms with Gasteiger partial charge in [-0.2, -0.15) is 4.39 Å². The summed E-state index contributed by atoms with van der Waals surface area (Å²) >= 11 is 0. The first-order valence-corrected chi connectivity index (χ1v) is 12.6. The van der Waals surface area contributed by atoms with Gasteiger partial charge in [0.25, 0.3) is 0 Å². The van der Waals surface area contributed by atoms with Crippen LogP contribution >= 0.6 is 0 Å². The molecule has 4 rings (SSSR count). The van der Waals surface area contributed by atoms with Crippen LogP contribution in [0.2, 0.25) is 0 Å². The molecule has 36 heavy (non-hydrogen) atoms. The molecule has 0 saturated heterocycles. The minimum absolute atomic E-state index is 0.0228. The zero-order valence-corrected chi connectivity index (χ0v) is 20.7. The molecule has 6 heteroatoms. The summed E-state index contributed by atoms with van der Waals surface area (Å²) in [6.07, 6.45) is 5.48. The average molecular weight is 497 g/mol. The van der Waals surface area contributed by atoms with E-state index in [0.717, 1.165) is 38.5 Å². The standard InChI is InChI=1S/C30H31F3O3/c1-3-4-17-35-23-13-14-24(26(31)18-23)20-9-11-22(12-10-20)30(34)36-27-16-15-25(28(32)29(27)33)21-7-5-19(2)6-8-21/h9-16,18-19,21H,3-8,17H2,1-2H3. The van der Waals surface area contributed by atoms with E-state index in [4.69, 9.17) is 9.47 Å². The third-order valence-electron chi connectivity index (χ3n) is 6.87. The molecule has 0 spiro atoms. The fraction of sp³-hybridized carbons (Fsp3) is 0.367. The molecule has 3 aromatic rings. The van der Waals surface area contributed by atoms with Crippen molar-refractivity contribution in [1.29, 1.82) is 0 Å². The largest absolute Gasteiger partial charge is 0.493 e. The van der Waals surface area contributed by atoms with Gasteiger partial charge >= 0.3 is 5.97 Å². The van der Waals surface area contributed by atoms with Crippen LogP contribution in [-0.4, -0.2) is 12.6 Å². The van der Waals surface area contributed by atoms with Crippen LogP contribution in [0.1, 0.15) is 74.2 Å². The summed E-state index contributed by atoms with van der Waals surface area (Å²) in [5, 5.41) is 0. The molecular weight excluding hydrogens is 465 g/mol. The maximum absolute atomic E-state index is 14.8. The number of benzene rings is 3. The Kier molecular flexibility index (Phi) is 8.34. The molecule has 0 heterocycles. The number of carbonyl (C=O) groups excluding carboxylic acids is 1. The van der Waals surface area contributed by atoms with Gasteiger partial charge < -0.3 is 9.47 Å². The molecule has 0 N–H and O–H groups in total. The highest BCUT2D eigenvalue weighted by Crippen LogP contribution is 2.38. The molecule has 0 atom stereocenters. The van der Waals surface area contributed by atoms with Gasteiger partial charge in [-0.3, -0.25) is 0 Å². The third kappa shape index (κ3) is 5.92. The lowest BCUT2D eigenvalue weighted by Gasteiger charge is -2.27. The van der Waals surface area contributed by atoms with E-state index in [2.05, 4.69) is 13.8 Å². The molecule has 0 aromatic heterocycles. The van der Waals surface area contributed by atoms with Crippen LogP contribution in [-0.2, 0) is 0 Å². The predicted molar refractivity (Wildman–Crippen MR) is 134 cm³/mol. The van der Waals surface area contributed by atoms with Crippen molar-refractivity contribution in [2.75, 3.05) is 6.61 Å². The van der Waals surface area contributed by atoms with E-state index in [1.165, 1.54) is 30.3 Å². The van der Waals surface area contributed by atoms with Gasteiger partial charge in [0.05, 0.1) is 12.2 Å². The van der Waals surface area contributed by atoms with E-state index >= 15 is 0 Å². The molecule has 1 saturated carbocycles. The Labute approximate surface area is 210 Å². The second kappa shape index (κ2) is 11.6. The zero-order chi connectivity index (χ0) is 25.7. The van der Waals surface area contributed by atoms with Crippen molar-refractivity contribution in [1.82, 2.24) is 0 Å². The molecule has 0 radical (unpaired) electrons. The summed E-state index contributed by atoms with van der Waals surface area (Å²) in [6, 6.07) is 13.6. The number of hydrogen-bond acceptors (Lipinski definition) is 3. The molecule has 0 aliphatic heterocycles. The SMILES string of the molecule is CCCCOc1ccc(-c2ccc(C(=O)Oc3ccc(C4CCC(C)CC4)c(F)c3F)cc2)c(F)c1. The first-order chi connectivity index (χ1) is 17.4. The Morgan fingerprint density at radius 3 is 2.31 bits per heavy atom. The number of halogens is 3. The molecule has 0 unspecified atom stereocenters. The topological polar surface area (TPSA) is 35.5 Å². The molecule has 3 aromatic carbocycles. The summed E-state index contributed by atoms with van der Waals surface area (Å²) in [7, 11) is 0. The second-order valence-electron chi connectivity index (χ2n) is 9.55. The lowest BCUT2D eigenvalue weighted by molar-refractivity contribution is 0.0726. The van der Waals surface area contributed by atoms with Crippen molar-refractivity contribution in [3.8, 4) is 22.6 Å². The first kappa shape index (κ1) is 25.8. The number of hydrogen-bond donors (Lipinski definition) is 0. The van der Waals surface area contributed by atoms with E-state index in [9.17, 15) is 18.0 Å². The number of unbranched alkanes of at least 4 members (excludes halogenated alkanes) is 1. The minimum Gasteiger partial charge on any atom is -0.493 e. The Bertz CT molecular complexity index is 1200. The van der Waals surface area contributed by atoms with Crippen LogP contribution in [0, 0.1) is 23.4 Å². The normalized spacial score (nSPS) is 17.6. The summed E-state index contributed by atoms with van der Waals surface area (Å²) in [5.74, 6) is -2.77. The van der Waals surface area contributed by atoms with Crippen molar-refractivity contribution in [2.24, 2.45) is 5.92 Å². The maximum atomic E-state index is 14.8. The van der Waals surface area contributed by atoms with Gasteiger partial charge in [0.2, 0.25) is 5.82 Å². The van der Waals surface area contributed by atoms with Gasteiger partial charge in [0.1, 0.15) is 11.6 Å².